The van der Waals surface area contributed by atoms with Gasteiger partial charge in [0, 0.05) is 20.3 Å². The maximum absolute atomic E-state index is 12.0. The molecule has 2 amide bonds. The van der Waals surface area contributed by atoms with Gasteiger partial charge in [-0.3, -0.25) is 14.5 Å². The molecule has 1 fully saturated rings. The molecule has 6 heteroatoms. The number of rotatable bonds is 5. The summed E-state index contributed by atoms with van der Waals surface area (Å²) in [4.78, 5) is 25.5. The number of hydrogen-bond donors (Lipinski definition) is 0. The second-order valence-corrected chi connectivity index (χ2v) is 5.51. The van der Waals surface area contributed by atoms with Crippen molar-refractivity contribution in [3.63, 3.8) is 0 Å². The Morgan fingerprint density at radius 3 is 2.94 bits per heavy atom. The van der Waals surface area contributed by atoms with E-state index in [1.54, 1.807) is 24.5 Å². The van der Waals surface area contributed by atoms with E-state index >= 15 is 0 Å². The summed E-state index contributed by atoms with van der Waals surface area (Å²) in [5.41, 5.74) is 0.961. The molecule has 0 atom stereocenters. The highest BCUT2D eigenvalue weighted by Crippen LogP contribution is 2.32. The lowest BCUT2D eigenvalue weighted by Gasteiger charge is -2.11. The van der Waals surface area contributed by atoms with E-state index in [2.05, 4.69) is 0 Å². The number of imide groups is 1. The van der Waals surface area contributed by atoms with Gasteiger partial charge in [0.1, 0.15) is 0 Å². The van der Waals surface area contributed by atoms with Gasteiger partial charge in [-0.15, -0.1) is 0 Å². The number of carbonyl (C=O) groups is 2. The van der Waals surface area contributed by atoms with Crippen LogP contribution in [0, 0.1) is 0 Å². The lowest BCUT2D eigenvalue weighted by molar-refractivity contribution is -0.122. The minimum atomic E-state index is -0.202. The molecule has 96 valence electrons. The number of hydrogen-bond acceptors (Lipinski definition) is 5. The fraction of sp³-hybridized carbons (Fsp3) is 0.333. The van der Waals surface area contributed by atoms with Crippen molar-refractivity contribution in [1.82, 2.24) is 4.90 Å². The first kappa shape index (κ1) is 13.3. The average Bonchev–Trinajstić information content (AvgIpc) is 2.93. The van der Waals surface area contributed by atoms with Crippen LogP contribution in [0.3, 0.4) is 0 Å². The van der Waals surface area contributed by atoms with Crippen LogP contribution in [-0.2, 0) is 9.53 Å². The zero-order valence-electron chi connectivity index (χ0n) is 9.92. The summed E-state index contributed by atoms with van der Waals surface area (Å²) in [6.45, 7) is 0.963. The largest absolute Gasteiger partial charge is 0.385 e. The standard InChI is InChI=1S/C12H13NO3S2/c1-16-5-2-4-13-11(14)10(18-12(13)15)7-9-3-6-17-8-9/h3,6-8H,2,4-5H2,1H3/b10-7-. The Kier molecular flexibility index (Phi) is 4.57. The summed E-state index contributed by atoms with van der Waals surface area (Å²) in [6, 6.07) is 1.92. The van der Waals surface area contributed by atoms with Gasteiger partial charge in [0.2, 0.25) is 0 Å². The lowest BCUT2D eigenvalue weighted by Crippen LogP contribution is -2.29. The van der Waals surface area contributed by atoms with Crippen LogP contribution >= 0.6 is 23.1 Å². The third-order valence-corrected chi connectivity index (χ3v) is 4.05. The van der Waals surface area contributed by atoms with Gasteiger partial charge < -0.3 is 4.74 Å². The third kappa shape index (κ3) is 3.01. The topological polar surface area (TPSA) is 46.6 Å². The van der Waals surface area contributed by atoms with Crippen LogP contribution in [0.5, 0.6) is 0 Å². The molecule has 0 N–H and O–H groups in total. The van der Waals surface area contributed by atoms with Crippen LogP contribution in [-0.4, -0.2) is 36.3 Å². The molecule has 1 aromatic heterocycles. The Labute approximate surface area is 114 Å². The fourth-order valence-corrected chi connectivity index (χ4v) is 3.05. The molecule has 0 spiro atoms. The van der Waals surface area contributed by atoms with E-state index < -0.39 is 0 Å². The molecule has 1 aromatic rings. The molecule has 0 saturated carbocycles. The second-order valence-electron chi connectivity index (χ2n) is 3.74. The molecule has 0 unspecified atom stereocenters. The minimum absolute atomic E-state index is 0.197. The van der Waals surface area contributed by atoms with Gasteiger partial charge in [-0.2, -0.15) is 11.3 Å². The molecule has 1 saturated heterocycles. The van der Waals surface area contributed by atoms with Gasteiger partial charge in [-0.1, -0.05) is 0 Å². The van der Waals surface area contributed by atoms with Crippen LogP contribution in [0.15, 0.2) is 21.7 Å². The molecule has 0 aliphatic carbocycles. The van der Waals surface area contributed by atoms with E-state index in [0.717, 1.165) is 17.3 Å². The lowest BCUT2D eigenvalue weighted by atomic mass is 10.3. The fourth-order valence-electron chi connectivity index (χ4n) is 1.57. The van der Waals surface area contributed by atoms with Gasteiger partial charge >= 0.3 is 0 Å². The van der Waals surface area contributed by atoms with Crippen molar-refractivity contribution in [3.05, 3.63) is 27.3 Å². The van der Waals surface area contributed by atoms with Crippen molar-refractivity contribution in [3.8, 4) is 0 Å². The Bertz CT molecular complexity index is 468. The van der Waals surface area contributed by atoms with E-state index in [-0.39, 0.29) is 11.1 Å². The van der Waals surface area contributed by atoms with Crippen LogP contribution in [0.1, 0.15) is 12.0 Å². The third-order valence-electron chi connectivity index (χ3n) is 2.44. The minimum Gasteiger partial charge on any atom is -0.385 e. The summed E-state index contributed by atoms with van der Waals surface area (Å²) < 4.78 is 4.91. The Morgan fingerprint density at radius 1 is 1.44 bits per heavy atom. The molecule has 2 rings (SSSR count). The molecule has 18 heavy (non-hydrogen) atoms. The van der Waals surface area contributed by atoms with Gasteiger partial charge in [-0.25, -0.2) is 0 Å². The molecule has 0 radical (unpaired) electrons. The summed E-state index contributed by atoms with van der Waals surface area (Å²) >= 11 is 2.56. The van der Waals surface area contributed by atoms with Crippen LogP contribution in [0.2, 0.25) is 0 Å². The van der Waals surface area contributed by atoms with Crippen molar-refractivity contribution in [2.45, 2.75) is 6.42 Å². The highest BCUT2D eigenvalue weighted by Gasteiger charge is 2.34. The van der Waals surface area contributed by atoms with E-state index in [1.165, 1.54) is 4.90 Å². The Balaban J connectivity index is 2.04. The highest BCUT2D eigenvalue weighted by atomic mass is 32.2. The molecule has 1 aliphatic heterocycles. The Hall–Kier alpha value is -1.11. The monoisotopic (exact) mass is 283 g/mol. The maximum atomic E-state index is 12.0. The SMILES string of the molecule is COCCCN1C(=O)S/C(=C\c2ccsc2)C1=O. The van der Waals surface area contributed by atoms with Crippen molar-refractivity contribution >= 4 is 40.3 Å². The van der Waals surface area contributed by atoms with Crippen LogP contribution < -0.4 is 0 Å². The number of thioether (sulfide) groups is 1. The number of nitrogens with zero attached hydrogens (tertiary/aromatic N) is 1. The first-order valence-electron chi connectivity index (χ1n) is 5.49. The molecule has 4 nitrogen and oxygen atoms in total. The van der Waals surface area contributed by atoms with Crippen molar-refractivity contribution in [2.24, 2.45) is 0 Å². The van der Waals surface area contributed by atoms with Crippen molar-refractivity contribution in [2.75, 3.05) is 20.3 Å². The predicted octanol–water partition coefficient (Wildman–Crippen LogP) is 2.82. The number of carbonyl (C=O) groups excluding carboxylic acids is 2. The first-order chi connectivity index (χ1) is 8.72. The van der Waals surface area contributed by atoms with Gasteiger partial charge in [0.25, 0.3) is 11.1 Å². The summed E-state index contributed by atoms with van der Waals surface area (Å²) in [7, 11) is 1.60. The molecule has 0 bridgehead atoms. The molecule has 1 aliphatic rings. The molecule has 0 aromatic carbocycles. The van der Waals surface area contributed by atoms with E-state index in [9.17, 15) is 9.59 Å². The Morgan fingerprint density at radius 2 is 2.28 bits per heavy atom. The van der Waals surface area contributed by atoms with Gasteiger partial charge in [-0.05, 0) is 46.6 Å². The van der Waals surface area contributed by atoms with E-state index in [4.69, 9.17) is 4.74 Å². The average molecular weight is 283 g/mol. The quantitative estimate of drug-likeness (QED) is 0.616. The van der Waals surface area contributed by atoms with Gasteiger partial charge in [0.05, 0.1) is 4.91 Å². The van der Waals surface area contributed by atoms with Crippen molar-refractivity contribution < 1.29 is 14.3 Å². The highest BCUT2D eigenvalue weighted by molar-refractivity contribution is 8.18. The van der Waals surface area contributed by atoms with E-state index in [0.29, 0.717) is 24.5 Å². The zero-order valence-corrected chi connectivity index (χ0v) is 11.6. The van der Waals surface area contributed by atoms with E-state index in [1.807, 2.05) is 16.8 Å². The second kappa shape index (κ2) is 6.17. The number of amides is 2. The van der Waals surface area contributed by atoms with Crippen LogP contribution in [0.25, 0.3) is 6.08 Å². The van der Waals surface area contributed by atoms with Gasteiger partial charge in [0.15, 0.2) is 0 Å². The zero-order chi connectivity index (χ0) is 13.0. The summed E-state index contributed by atoms with van der Waals surface area (Å²) in [5.74, 6) is -0.202. The summed E-state index contributed by atoms with van der Waals surface area (Å²) in [5, 5.41) is 3.69. The maximum Gasteiger partial charge on any atom is 0.293 e. The first-order valence-corrected chi connectivity index (χ1v) is 7.25. The molecule has 2 heterocycles. The van der Waals surface area contributed by atoms with Crippen molar-refractivity contribution in [1.29, 1.82) is 0 Å². The van der Waals surface area contributed by atoms with Crippen LogP contribution in [0.4, 0.5) is 4.79 Å². The predicted molar refractivity (Wildman–Crippen MR) is 73.5 cm³/mol. The number of methoxy groups -OCH3 is 1. The number of ether oxygens (including phenoxy) is 1. The number of thiophene rings is 1. The smallest absolute Gasteiger partial charge is 0.293 e. The molecular formula is C12H13NO3S2. The normalized spacial score (nSPS) is 18.1. The molecular weight excluding hydrogens is 270 g/mol. The summed E-state index contributed by atoms with van der Waals surface area (Å²) in [6.07, 6.45) is 2.43.